The third-order valence-electron chi connectivity index (χ3n) is 21.9. The van der Waals surface area contributed by atoms with Crippen molar-refractivity contribution in [3.05, 3.63) is 0 Å². The van der Waals surface area contributed by atoms with Gasteiger partial charge in [-0.1, -0.05) is 64.2 Å². The molecule has 7 aliphatic carbocycles. The highest BCUT2D eigenvalue weighted by Gasteiger charge is 2.64. The van der Waals surface area contributed by atoms with Gasteiger partial charge in [-0.15, -0.1) is 0 Å². The largest absolute Gasteiger partial charge is 0.360 e. The summed E-state index contributed by atoms with van der Waals surface area (Å²) >= 11 is 0. The van der Waals surface area contributed by atoms with Crippen molar-refractivity contribution in [1.29, 1.82) is 0 Å². The third-order valence-corrected chi connectivity index (χ3v) is 21.9. The lowest BCUT2D eigenvalue weighted by Gasteiger charge is -2.49. The molecular formula is C52H84N4O2. The lowest BCUT2D eigenvalue weighted by Crippen LogP contribution is -2.56. The number of fused-ring (bicyclic) bond motifs is 13. The van der Waals surface area contributed by atoms with Gasteiger partial charge in [-0.2, -0.15) is 0 Å². The number of rotatable bonds is 4. The fraction of sp³-hybridized carbons (Fsp3) is 1.00. The number of hydrogen-bond acceptors (Lipinski definition) is 6. The summed E-state index contributed by atoms with van der Waals surface area (Å²) in [7, 11) is 0. The number of nitrogens with one attached hydrogen (secondary N) is 2. The smallest absolute Gasteiger partial charge is 0.111 e. The normalized spacial score (nSPS) is 56.9. The van der Waals surface area contributed by atoms with Gasteiger partial charge in [0.1, 0.15) is 12.5 Å². The van der Waals surface area contributed by atoms with Crippen LogP contribution in [0.2, 0.25) is 0 Å². The molecule has 0 aromatic heterocycles. The van der Waals surface area contributed by atoms with Crippen molar-refractivity contribution < 1.29 is 9.47 Å². The molecule has 2 N–H and O–H groups in total. The predicted molar refractivity (Wildman–Crippen MR) is 231 cm³/mol. The van der Waals surface area contributed by atoms with E-state index < -0.39 is 0 Å². The van der Waals surface area contributed by atoms with Gasteiger partial charge in [0.05, 0.1) is 12.2 Å². The average molecular weight is 797 g/mol. The molecule has 0 aromatic carbocycles. The number of likely N-dealkylation sites (tertiary alicyclic amines) is 2. The first kappa shape index (κ1) is 38.2. The predicted octanol–water partition coefficient (Wildman–Crippen LogP) is 10.2. The quantitative estimate of drug-likeness (QED) is 0.296. The molecule has 6 nitrogen and oxygen atoms in total. The molecule has 0 spiro atoms. The van der Waals surface area contributed by atoms with Gasteiger partial charge < -0.3 is 9.47 Å². The lowest BCUT2D eigenvalue weighted by atomic mass is 9.61. The van der Waals surface area contributed by atoms with Crippen LogP contribution in [0.5, 0.6) is 0 Å². The van der Waals surface area contributed by atoms with Crippen LogP contribution in [-0.2, 0) is 9.47 Å². The van der Waals surface area contributed by atoms with E-state index in [0.29, 0.717) is 36.7 Å². The molecule has 324 valence electrons. The molecule has 0 radical (unpaired) electrons. The van der Waals surface area contributed by atoms with Crippen molar-refractivity contribution in [2.45, 2.75) is 266 Å². The van der Waals surface area contributed by atoms with E-state index in [1.807, 2.05) is 0 Å². The zero-order valence-corrected chi connectivity index (χ0v) is 36.6. The SMILES string of the molecule is C1CCC2C(C1)OC1NC(C3CCCC(N4C5CCCCC5C5C6C7CCCCC7N(C7CCCC(C8CCC9C(N8)OC8CCCCC89)C7)C6CCC54)C3)CCC12. The maximum absolute atomic E-state index is 6.83. The van der Waals surface area contributed by atoms with Crippen LogP contribution >= 0.6 is 0 Å². The Morgan fingerprint density at radius 2 is 0.759 bits per heavy atom. The summed E-state index contributed by atoms with van der Waals surface area (Å²) in [4.78, 5) is 6.76. The molecule has 22 unspecified atom stereocenters. The molecular weight excluding hydrogens is 713 g/mol. The fourth-order valence-electron chi connectivity index (χ4n) is 20.0. The zero-order valence-electron chi connectivity index (χ0n) is 36.6. The number of hydrogen-bond donors (Lipinski definition) is 2. The molecule has 6 heteroatoms. The lowest BCUT2D eigenvalue weighted by molar-refractivity contribution is -0.0316. The van der Waals surface area contributed by atoms with Crippen molar-refractivity contribution in [3.8, 4) is 0 Å². The van der Waals surface area contributed by atoms with E-state index in [1.165, 1.54) is 180 Å². The summed E-state index contributed by atoms with van der Waals surface area (Å²) in [6.07, 6.45) is 45.8. The van der Waals surface area contributed by atoms with E-state index in [1.54, 1.807) is 12.8 Å². The Labute approximate surface area is 353 Å². The number of ether oxygens (including phenoxy) is 2. The zero-order chi connectivity index (χ0) is 37.9. The minimum atomic E-state index is 0.367. The van der Waals surface area contributed by atoms with Crippen LogP contribution in [0.25, 0.3) is 0 Å². The Balaban J connectivity index is 0.721. The molecule has 13 fully saturated rings. The van der Waals surface area contributed by atoms with Crippen molar-refractivity contribution >= 4 is 0 Å². The second-order valence-electron chi connectivity index (χ2n) is 24.1. The highest BCUT2D eigenvalue weighted by molar-refractivity contribution is 5.17. The van der Waals surface area contributed by atoms with Gasteiger partial charge in [-0.25, -0.2) is 0 Å². The summed E-state index contributed by atoms with van der Waals surface area (Å²) in [5.74, 6) is 9.00. The second-order valence-corrected chi connectivity index (χ2v) is 24.1. The molecule has 6 heterocycles. The van der Waals surface area contributed by atoms with Gasteiger partial charge in [0.15, 0.2) is 0 Å². The van der Waals surface area contributed by atoms with E-state index in [4.69, 9.17) is 9.47 Å². The van der Waals surface area contributed by atoms with Crippen molar-refractivity contribution in [2.24, 2.45) is 59.2 Å². The Bertz CT molecular complexity index is 1350. The molecule has 58 heavy (non-hydrogen) atoms. The molecule has 0 amide bonds. The molecule has 13 rings (SSSR count). The molecule has 0 aromatic rings. The van der Waals surface area contributed by atoms with Crippen LogP contribution < -0.4 is 10.6 Å². The summed E-state index contributed by atoms with van der Waals surface area (Å²) in [5, 5.41) is 8.50. The van der Waals surface area contributed by atoms with Crippen LogP contribution in [0.3, 0.4) is 0 Å². The van der Waals surface area contributed by atoms with Crippen LogP contribution in [0.4, 0.5) is 0 Å². The summed E-state index contributed by atoms with van der Waals surface area (Å²) in [5.41, 5.74) is 0. The van der Waals surface area contributed by atoms with E-state index >= 15 is 0 Å². The minimum Gasteiger partial charge on any atom is -0.360 e. The Morgan fingerprint density at radius 1 is 0.328 bits per heavy atom. The monoisotopic (exact) mass is 797 g/mol. The van der Waals surface area contributed by atoms with Gasteiger partial charge in [0.25, 0.3) is 0 Å². The third kappa shape index (κ3) is 6.31. The molecule has 7 saturated carbocycles. The standard InChI is InChI=1S/C52H84N4O2/c1-5-19-43-39(17-1)49-45(55(43)33-13-9-11-31(29-33)41-25-23-37-35-15-3-7-21-47(35)57-51(37)53-41)27-28-46-50(49)40-18-2-6-20-44(40)56(46)34-14-10-12-32(30-34)42-26-24-38-36-16-4-8-22-48(36)58-52(38)54-42/h31-54H,1-30H2. The number of piperidine rings is 2. The summed E-state index contributed by atoms with van der Waals surface area (Å²) in [6.45, 7) is 0. The van der Waals surface area contributed by atoms with Crippen molar-refractivity contribution in [1.82, 2.24) is 20.4 Å². The second kappa shape index (κ2) is 15.8. The van der Waals surface area contributed by atoms with Crippen LogP contribution in [0, 0.1) is 59.2 Å². The maximum atomic E-state index is 6.83. The average Bonchev–Trinajstić information content (AvgIpc) is 4.03. The first-order chi connectivity index (χ1) is 28.7. The Morgan fingerprint density at radius 3 is 1.24 bits per heavy atom. The maximum Gasteiger partial charge on any atom is 0.111 e. The van der Waals surface area contributed by atoms with Gasteiger partial charge >= 0.3 is 0 Å². The Hall–Kier alpha value is -0.240. The minimum absolute atomic E-state index is 0.367. The van der Waals surface area contributed by atoms with Gasteiger partial charge in [-0.3, -0.25) is 20.4 Å². The van der Waals surface area contributed by atoms with Crippen LogP contribution in [0.15, 0.2) is 0 Å². The molecule has 13 aliphatic rings. The molecule has 6 aliphatic heterocycles. The van der Waals surface area contributed by atoms with Crippen LogP contribution in [-0.4, -0.2) is 82.8 Å². The van der Waals surface area contributed by atoms with E-state index in [0.717, 1.165) is 95.4 Å². The van der Waals surface area contributed by atoms with Gasteiger partial charge in [0, 0.05) is 60.2 Å². The van der Waals surface area contributed by atoms with E-state index in [9.17, 15) is 0 Å². The Kier molecular flexibility index (Phi) is 10.4. The topological polar surface area (TPSA) is 49.0 Å². The molecule has 22 atom stereocenters. The first-order valence-electron chi connectivity index (χ1n) is 27.1. The fourth-order valence-corrected chi connectivity index (χ4v) is 20.0. The molecule has 0 bridgehead atoms. The number of nitrogens with zero attached hydrogens (tertiary/aromatic N) is 2. The summed E-state index contributed by atoms with van der Waals surface area (Å²) < 4.78 is 13.7. The van der Waals surface area contributed by atoms with E-state index in [2.05, 4.69) is 20.4 Å². The van der Waals surface area contributed by atoms with Crippen molar-refractivity contribution in [2.75, 3.05) is 0 Å². The van der Waals surface area contributed by atoms with Crippen LogP contribution in [0.1, 0.15) is 193 Å². The highest BCUT2D eigenvalue weighted by Crippen LogP contribution is 2.62. The van der Waals surface area contributed by atoms with Crippen molar-refractivity contribution in [3.63, 3.8) is 0 Å². The molecule has 6 saturated heterocycles. The van der Waals surface area contributed by atoms with Gasteiger partial charge in [-0.05, 0) is 176 Å². The highest BCUT2D eigenvalue weighted by atomic mass is 16.5. The first-order valence-corrected chi connectivity index (χ1v) is 27.1. The summed E-state index contributed by atoms with van der Waals surface area (Å²) in [6, 6.07) is 6.66. The van der Waals surface area contributed by atoms with Gasteiger partial charge in [0.2, 0.25) is 0 Å². The van der Waals surface area contributed by atoms with E-state index in [-0.39, 0.29) is 0 Å².